The van der Waals surface area contributed by atoms with Crippen LogP contribution in [0.2, 0.25) is 5.02 Å². The lowest BCUT2D eigenvalue weighted by Crippen LogP contribution is -2.18. The van der Waals surface area contributed by atoms with Gasteiger partial charge in [-0.25, -0.2) is 0 Å². The second-order valence-electron chi connectivity index (χ2n) is 7.49. The standard InChI is InChI=1S/C23H26ClN5O2S/c1-5-29-19(12-20(30)25-18-8-6-17(24)7-9-18)27-28-23(29)32-13-21(31)26-22-15(3)10-14(2)11-16(22)4/h6-11H,5,12-13H2,1-4H3,(H,25,30)(H,26,31). The van der Waals surface area contributed by atoms with Crippen LogP contribution in [-0.4, -0.2) is 32.3 Å². The maximum atomic E-state index is 12.5. The van der Waals surface area contributed by atoms with E-state index >= 15 is 0 Å². The van der Waals surface area contributed by atoms with E-state index < -0.39 is 0 Å². The number of nitrogens with zero attached hydrogens (tertiary/aromatic N) is 3. The highest BCUT2D eigenvalue weighted by Gasteiger charge is 2.17. The molecule has 0 radical (unpaired) electrons. The van der Waals surface area contributed by atoms with Crippen LogP contribution in [0.25, 0.3) is 0 Å². The third kappa shape index (κ3) is 6.11. The summed E-state index contributed by atoms with van der Waals surface area (Å²) in [7, 11) is 0. The maximum absolute atomic E-state index is 12.5. The highest BCUT2D eigenvalue weighted by atomic mass is 35.5. The molecule has 9 heteroatoms. The van der Waals surface area contributed by atoms with Gasteiger partial charge in [-0.15, -0.1) is 10.2 Å². The van der Waals surface area contributed by atoms with Gasteiger partial charge in [0.25, 0.3) is 0 Å². The lowest BCUT2D eigenvalue weighted by Gasteiger charge is -2.13. The topological polar surface area (TPSA) is 88.9 Å². The molecule has 0 atom stereocenters. The zero-order chi connectivity index (χ0) is 23.3. The number of hydrogen-bond acceptors (Lipinski definition) is 5. The Hall–Kier alpha value is -2.84. The van der Waals surface area contributed by atoms with E-state index in [1.165, 1.54) is 11.8 Å². The summed E-state index contributed by atoms with van der Waals surface area (Å²) in [6, 6.07) is 11.0. The monoisotopic (exact) mass is 471 g/mol. The first-order valence-corrected chi connectivity index (χ1v) is 11.6. The third-order valence-electron chi connectivity index (χ3n) is 4.83. The Balaban J connectivity index is 1.60. The van der Waals surface area contributed by atoms with E-state index in [9.17, 15) is 9.59 Å². The minimum absolute atomic E-state index is 0.0813. The minimum Gasteiger partial charge on any atom is -0.326 e. The summed E-state index contributed by atoms with van der Waals surface area (Å²) < 4.78 is 1.85. The fraction of sp³-hybridized carbons (Fsp3) is 0.304. The van der Waals surface area contributed by atoms with Gasteiger partial charge in [0.05, 0.1) is 12.2 Å². The normalized spacial score (nSPS) is 10.8. The number of carbonyl (C=O) groups excluding carboxylic acids is 2. The molecular weight excluding hydrogens is 446 g/mol. The third-order valence-corrected chi connectivity index (χ3v) is 6.05. The Labute approximate surface area is 197 Å². The van der Waals surface area contributed by atoms with Gasteiger partial charge in [-0.1, -0.05) is 41.1 Å². The molecule has 1 aromatic heterocycles. The predicted octanol–water partition coefficient (Wildman–Crippen LogP) is 4.79. The van der Waals surface area contributed by atoms with Crippen molar-refractivity contribution in [2.24, 2.45) is 0 Å². The van der Waals surface area contributed by atoms with Gasteiger partial charge in [0.2, 0.25) is 11.8 Å². The molecule has 0 aliphatic carbocycles. The van der Waals surface area contributed by atoms with Crippen molar-refractivity contribution in [2.45, 2.75) is 45.8 Å². The molecule has 168 valence electrons. The molecule has 3 rings (SSSR count). The van der Waals surface area contributed by atoms with Crippen molar-refractivity contribution in [2.75, 3.05) is 16.4 Å². The lowest BCUT2D eigenvalue weighted by molar-refractivity contribution is -0.116. The number of hydrogen-bond donors (Lipinski definition) is 2. The number of aromatic nitrogens is 3. The molecule has 32 heavy (non-hydrogen) atoms. The van der Waals surface area contributed by atoms with Crippen molar-refractivity contribution >= 4 is 46.6 Å². The summed E-state index contributed by atoms with van der Waals surface area (Å²) in [5.41, 5.74) is 4.74. The van der Waals surface area contributed by atoms with Crippen LogP contribution in [0.5, 0.6) is 0 Å². The number of anilines is 2. The molecule has 1 heterocycles. The van der Waals surface area contributed by atoms with Gasteiger partial charge >= 0.3 is 0 Å². The van der Waals surface area contributed by atoms with E-state index in [4.69, 9.17) is 11.6 Å². The van der Waals surface area contributed by atoms with Crippen LogP contribution >= 0.6 is 23.4 Å². The van der Waals surface area contributed by atoms with E-state index in [0.717, 1.165) is 22.4 Å². The zero-order valence-corrected chi connectivity index (χ0v) is 20.1. The quantitative estimate of drug-likeness (QED) is 0.461. The van der Waals surface area contributed by atoms with Crippen molar-refractivity contribution in [1.82, 2.24) is 14.8 Å². The molecule has 0 spiro atoms. The molecule has 0 unspecified atom stereocenters. The minimum atomic E-state index is -0.200. The molecule has 0 saturated heterocycles. The van der Waals surface area contributed by atoms with Gasteiger partial charge in [0.1, 0.15) is 5.82 Å². The first-order chi connectivity index (χ1) is 15.3. The first kappa shape index (κ1) is 23.8. The molecule has 0 saturated carbocycles. The Morgan fingerprint density at radius 1 is 1.00 bits per heavy atom. The summed E-state index contributed by atoms with van der Waals surface area (Å²) in [6.07, 6.45) is 0.0813. The molecule has 3 aromatic rings. The van der Waals surface area contributed by atoms with Crippen molar-refractivity contribution in [3.05, 3.63) is 63.9 Å². The van der Waals surface area contributed by atoms with Crippen LogP contribution in [0.15, 0.2) is 41.6 Å². The van der Waals surface area contributed by atoms with E-state index in [-0.39, 0.29) is 24.0 Å². The van der Waals surface area contributed by atoms with Gasteiger partial charge in [0, 0.05) is 22.9 Å². The highest BCUT2D eigenvalue weighted by Crippen LogP contribution is 2.23. The average molecular weight is 472 g/mol. The Morgan fingerprint density at radius 2 is 1.66 bits per heavy atom. The molecule has 2 amide bonds. The van der Waals surface area contributed by atoms with E-state index in [1.807, 2.05) is 44.4 Å². The molecular formula is C23H26ClN5O2S. The fourth-order valence-corrected chi connectivity index (χ4v) is 4.39. The molecule has 0 bridgehead atoms. The molecule has 0 aliphatic heterocycles. The Bertz CT molecular complexity index is 1100. The van der Waals surface area contributed by atoms with Gasteiger partial charge in [-0.05, 0) is 63.1 Å². The Morgan fingerprint density at radius 3 is 2.28 bits per heavy atom. The van der Waals surface area contributed by atoms with Crippen LogP contribution in [0.3, 0.4) is 0 Å². The van der Waals surface area contributed by atoms with Crippen LogP contribution in [0.4, 0.5) is 11.4 Å². The van der Waals surface area contributed by atoms with Crippen molar-refractivity contribution in [3.8, 4) is 0 Å². The van der Waals surface area contributed by atoms with E-state index in [1.54, 1.807) is 24.3 Å². The number of thioether (sulfide) groups is 1. The lowest BCUT2D eigenvalue weighted by atomic mass is 10.1. The second kappa shape index (κ2) is 10.7. The molecule has 7 nitrogen and oxygen atoms in total. The van der Waals surface area contributed by atoms with Crippen molar-refractivity contribution in [1.29, 1.82) is 0 Å². The number of amides is 2. The van der Waals surface area contributed by atoms with E-state index in [2.05, 4.69) is 20.8 Å². The van der Waals surface area contributed by atoms with Gasteiger partial charge in [0.15, 0.2) is 5.16 Å². The van der Waals surface area contributed by atoms with Crippen LogP contribution in [-0.2, 0) is 22.6 Å². The average Bonchev–Trinajstić information content (AvgIpc) is 3.12. The number of nitrogens with one attached hydrogen (secondary N) is 2. The maximum Gasteiger partial charge on any atom is 0.234 e. The van der Waals surface area contributed by atoms with Crippen LogP contribution in [0.1, 0.15) is 29.4 Å². The number of aryl methyl sites for hydroxylation is 3. The SMILES string of the molecule is CCn1c(CC(=O)Nc2ccc(Cl)cc2)nnc1SCC(=O)Nc1c(C)cc(C)cc1C. The van der Waals surface area contributed by atoms with Crippen molar-refractivity contribution < 1.29 is 9.59 Å². The summed E-state index contributed by atoms with van der Waals surface area (Å²) in [4.78, 5) is 24.9. The van der Waals surface area contributed by atoms with Crippen LogP contribution in [0, 0.1) is 20.8 Å². The number of benzene rings is 2. The number of rotatable bonds is 8. The second-order valence-corrected chi connectivity index (χ2v) is 8.86. The summed E-state index contributed by atoms with van der Waals surface area (Å²) >= 11 is 7.17. The molecule has 2 aromatic carbocycles. The highest BCUT2D eigenvalue weighted by molar-refractivity contribution is 7.99. The summed E-state index contributed by atoms with van der Waals surface area (Å²) in [5.74, 6) is 0.431. The smallest absolute Gasteiger partial charge is 0.234 e. The van der Waals surface area contributed by atoms with Crippen molar-refractivity contribution in [3.63, 3.8) is 0 Å². The van der Waals surface area contributed by atoms with Gasteiger partial charge in [-0.3, -0.25) is 9.59 Å². The molecule has 2 N–H and O–H groups in total. The molecule has 0 aliphatic rings. The fourth-order valence-electron chi connectivity index (χ4n) is 3.44. The van der Waals surface area contributed by atoms with Gasteiger partial charge in [-0.2, -0.15) is 0 Å². The first-order valence-electron chi connectivity index (χ1n) is 10.2. The van der Waals surface area contributed by atoms with E-state index in [0.29, 0.717) is 28.2 Å². The summed E-state index contributed by atoms with van der Waals surface area (Å²) in [6.45, 7) is 8.55. The predicted molar refractivity (Wildman–Crippen MR) is 129 cm³/mol. The number of halogens is 1. The van der Waals surface area contributed by atoms with Crippen LogP contribution < -0.4 is 10.6 Å². The zero-order valence-electron chi connectivity index (χ0n) is 18.5. The van der Waals surface area contributed by atoms with Gasteiger partial charge < -0.3 is 15.2 Å². The largest absolute Gasteiger partial charge is 0.326 e. The summed E-state index contributed by atoms with van der Waals surface area (Å²) in [5, 5.41) is 15.4. The molecule has 0 fully saturated rings. The Kier molecular flexibility index (Phi) is 7.93. The number of carbonyl (C=O) groups is 2.